The number of nitrogens with zero attached hydrogens (tertiary/aromatic N) is 3. The molecule has 3 fully saturated rings. The summed E-state index contributed by atoms with van der Waals surface area (Å²) >= 11 is 1.18. The number of aromatic carboxylic acids is 1. The molecule has 2 aliphatic carbocycles. The molecule has 0 unspecified atom stereocenters. The predicted octanol–water partition coefficient (Wildman–Crippen LogP) is 7.77. The van der Waals surface area contributed by atoms with Gasteiger partial charge in [-0.15, -0.1) is 11.3 Å². The summed E-state index contributed by atoms with van der Waals surface area (Å²) in [6.45, 7) is 11.5. The Morgan fingerprint density at radius 2 is 1.73 bits per heavy atom. The quantitative estimate of drug-likeness (QED) is 0.304. The summed E-state index contributed by atoms with van der Waals surface area (Å²) in [6, 6.07) is 3.90. The van der Waals surface area contributed by atoms with Crippen LogP contribution in [0.15, 0.2) is 24.5 Å². The van der Waals surface area contributed by atoms with Crippen LogP contribution in [-0.2, 0) is 11.3 Å². The van der Waals surface area contributed by atoms with E-state index in [4.69, 9.17) is 4.74 Å². The summed E-state index contributed by atoms with van der Waals surface area (Å²) in [4.78, 5) is 36.4. The third-order valence-corrected chi connectivity index (χ3v) is 10.3. The molecular weight excluding hydrogens is 570 g/mol. The molecule has 0 aromatic carbocycles. The Labute approximate surface area is 267 Å². The number of pyridine rings is 1. The van der Waals surface area contributed by atoms with Crippen LogP contribution in [-0.4, -0.2) is 52.1 Å². The molecule has 0 bridgehead atoms. The average Bonchev–Trinajstić information content (AvgIpc) is 3.42. The molecule has 7 nitrogen and oxygen atoms in total. The van der Waals surface area contributed by atoms with Gasteiger partial charge in [0.15, 0.2) is 0 Å². The van der Waals surface area contributed by atoms with E-state index in [2.05, 4.69) is 34.7 Å². The zero-order chi connectivity index (χ0) is 31.3. The van der Waals surface area contributed by atoms with Crippen LogP contribution in [0.5, 0.6) is 5.75 Å². The normalized spacial score (nSPS) is 24.6. The molecule has 0 atom stereocenters. The minimum absolute atomic E-state index is 0.0420. The molecule has 2 saturated carbocycles. The van der Waals surface area contributed by atoms with E-state index in [0.717, 1.165) is 76.8 Å². The Hall–Kier alpha value is -2.89. The van der Waals surface area contributed by atoms with Gasteiger partial charge in [0.05, 0.1) is 22.9 Å². The van der Waals surface area contributed by atoms with Gasteiger partial charge in [0, 0.05) is 30.1 Å². The summed E-state index contributed by atoms with van der Waals surface area (Å²) in [7, 11) is 0. The van der Waals surface area contributed by atoms with Gasteiger partial charge in [-0.1, -0.05) is 25.2 Å². The lowest BCUT2D eigenvalue weighted by Crippen LogP contribution is -2.47. The molecule has 1 saturated heterocycles. The van der Waals surface area contributed by atoms with Gasteiger partial charge in [-0.2, -0.15) is 0 Å². The van der Waals surface area contributed by atoms with E-state index >= 15 is 0 Å². The number of carbonyl (C=O) groups excluding carboxylic acids is 1. The largest absolute Gasteiger partial charge is 0.489 e. The van der Waals surface area contributed by atoms with Crippen molar-refractivity contribution in [3.63, 3.8) is 0 Å². The number of hydrogen-bond donors (Lipinski definition) is 1. The second-order valence-corrected chi connectivity index (χ2v) is 15.3. The number of anilines is 1. The van der Waals surface area contributed by atoms with Crippen molar-refractivity contribution in [2.45, 2.75) is 117 Å². The van der Waals surface area contributed by atoms with E-state index in [-0.39, 0.29) is 34.3 Å². The predicted molar refractivity (Wildman–Crippen MR) is 176 cm³/mol. The maximum atomic E-state index is 14.2. The topological polar surface area (TPSA) is 83.0 Å². The number of carboxylic acid groups (broad SMARTS) is 1. The second-order valence-electron chi connectivity index (χ2n) is 14.2. The molecule has 5 rings (SSSR count). The monoisotopic (exact) mass is 619 g/mol. The number of hydrogen-bond acceptors (Lipinski definition) is 6. The summed E-state index contributed by atoms with van der Waals surface area (Å²) in [5, 5.41) is 10.2. The van der Waals surface area contributed by atoms with Gasteiger partial charge in [0.1, 0.15) is 10.6 Å². The standard InChI is InChI=1S/C36H49N3O4S/c1-25-8-10-27(11-9-25)34(40)39(32-21-31(16-17-36(2,3)4)44-33(32)35(41)42)28-12-14-29(15-13-28)43-30-20-26(22-37-23-30)24-38-18-6-5-7-19-38/h20-23,25,27-29H,5-15,18-19,24H2,1-4H3,(H,41,42)/t25-,27-,28-,29-. The Balaban J connectivity index is 1.32. The lowest BCUT2D eigenvalue weighted by Gasteiger charge is -2.39. The van der Waals surface area contributed by atoms with E-state index in [0.29, 0.717) is 16.5 Å². The maximum Gasteiger partial charge on any atom is 0.348 e. The first-order chi connectivity index (χ1) is 21.1. The maximum absolute atomic E-state index is 14.2. The number of amides is 1. The van der Waals surface area contributed by atoms with Crippen LogP contribution < -0.4 is 9.64 Å². The zero-order valence-corrected chi connectivity index (χ0v) is 27.8. The van der Waals surface area contributed by atoms with Gasteiger partial charge >= 0.3 is 5.97 Å². The summed E-state index contributed by atoms with van der Waals surface area (Å²) in [5.41, 5.74) is 1.49. The molecule has 1 amide bonds. The number of carboxylic acids is 1. The minimum atomic E-state index is -1.00. The molecule has 2 aromatic rings. The highest BCUT2D eigenvalue weighted by atomic mass is 32.1. The van der Waals surface area contributed by atoms with Crippen LogP contribution in [0.2, 0.25) is 0 Å². The number of piperidine rings is 1. The van der Waals surface area contributed by atoms with Crippen LogP contribution >= 0.6 is 11.3 Å². The van der Waals surface area contributed by atoms with Crippen molar-refractivity contribution in [2.75, 3.05) is 18.0 Å². The summed E-state index contributed by atoms with van der Waals surface area (Å²) in [5.74, 6) is 6.85. The Morgan fingerprint density at radius 1 is 1.02 bits per heavy atom. The van der Waals surface area contributed by atoms with Crippen molar-refractivity contribution in [1.29, 1.82) is 0 Å². The Kier molecular flexibility index (Phi) is 10.7. The molecule has 0 radical (unpaired) electrons. The number of rotatable bonds is 8. The van der Waals surface area contributed by atoms with Crippen molar-refractivity contribution in [2.24, 2.45) is 17.3 Å². The number of carbonyl (C=O) groups is 2. The molecule has 1 N–H and O–H groups in total. The van der Waals surface area contributed by atoms with Gasteiger partial charge in [0.2, 0.25) is 5.91 Å². The molecule has 2 aromatic heterocycles. The Morgan fingerprint density at radius 3 is 2.39 bits per heavy atom. The van der Waals surface area contributed by atoms with E-state index in [1.165, 1.54) is 36.2 Å². The van der Waals surface area contributed by atoms with Gasteiger partial charge in [-0.25, -0.2) is 4.79 Å². The summed E-state index contributed by atoms with van der Waals surface area (Å²) < 4.78 is 6.44. The third-order valence-electron chi connectivity index (χ3n) is 9.27. The van der Waals surface area contributed by atoms with Crippen LogP contribution in [0.1, 0.15) is 118 Å². The van der Waals surface area contributed by atoms with Crippen molar-refractivity contribution in [3.8, 4) is 17.6 Å². The fraction of sp³-hybridized carbons (Fsp3) is 0.639. The van der Waals surface area contributed by atoms with Gasteiger partial charge < -0.3 is 14.7 Å². The molecular formula is C36H49N3O4S. The first-order valence-corrected chi connectivity index (χ1v) is 17.4. The molecule has 238 valence electrons. The van der Waals surface area contributed by atoms with Crippen molar-refractivity contribution in [3.05, 3.63) is 39.8 Å². The van der Waals surface area contributed by atoms with E-state index in [1.807, 2.05) is 37.9 Å². The molecule has 0 spiro atoms. The van der Waals surface area contributed by atoms with E-state index in [1.54, 1.807) is 6.20 Å². The minimum Gasteiger partial charge on any atom is -0.489 e. The van der Waals surface area contributed by atoms with Crippen molar-refractivity contribution in [1.82, 2.24) is 9.88 Å². The van der Waals surface area contributed by atoms with Crippen molar-refractivity contribution < 1.29 is 19.4 Å². The van der Waals surface area contributed by atoms with Crippen LogP contribution in [0.25, 0.3) is 0 Å². The number of thiophene rings is 1. The van der Waals surface area contributed by atoms with Gasteiger partial charge in [0.25, 0.3) is 0 Å². The van der Waals surface area contributed by atoms with E-state index in [9.17, 15) is 14.7 Å². The SMILES string of the molecule is CC(C)(C)C#Cc1cc(N(C(=O)[C@H]2CC[C@H](C)CC2)[C@H]2CC[C@H](Oc3cncc(CN4CCCCC4)c3)CC2)c(C(=O)O)s1. The van der Waals surface area contributed by atoms with Crippen LogP contribution in [0, 0.1) is 29.1 Å². The highest BCUT2D eigenvalue weighted by Gasteiger charge is 2.38. The van der Waals surface area contributed by atoms with E-state index < -0.39 is 5.97 Å². The fourth-order valence-corrected chi connectivity index (χ4v) is 7.67. The van der Waals surface area contributed by atoms with Gasteiger partial charge in [-0.3, -0.25) is 14.7 Å². The van der Waals surface area contributed by atoms with Crippen LogP contribution in [0.4, 0.5) is 5.69 Å². The molecule has 44 heavy (non-hydrogen) atoms. The fourth-order valence-electron chi connectivity index (χ4n) is 6.83. The molecule has 8 heteroatoms. The lowest BCUT2D eigenvalue weighted by molar-refractivity contribution is -0.124. The number of aromatic nitrogens is 1. The second kappa shape index (κ2) is 14.5. The molecule has 1 aliphatic heterocycles. The van der Waals surface area contributed by atoms with Crippen LogP contribution in [0.3, 0.4) is 0 Å². The Bertz CT molecular complexity index is 1350. The number of ether oxygens (including phenoxy) is 1. The molecule has 3 aliphatic rings. The first kappa shape index (κ1) is 32.5. The third kappa shape index (κ3) is 8.63. The van der Waals surface area contributed by atoms with Crippen molar-refractivity contribution >= 4 is 28.9 Å². The summed E-state index contributed by atoms with van der Waals surface area (Å²) in [6.07, 6.45) is 14.5. The first-order valence-electron chi connectivity index (χ1n) is 16.6. The lowest BCUT2D eigenvalue weighted by atomic mass is 9.81. The smallest absolute Gasteiger partial charge is 0.348 e. The number of likely N-dealkylation sites (tertiary alicyclic amines) is 1. The highest BCUT2D eigenvalue weighted by Crippen LogP contribution is 2.39. The zero-order valence-electron chi connectivity index (χ0n) is 26.9. The molecule has 3 heterocycles. The highest BCUT2D eigenvalue weighted by molar-refractivity contribution is 7.15. The average molecular weight is 620 g/mol. The van der Waals surface area contributed by atoms with Gasteiger partial charge in [-0.05, 0) is 122 Å².